The van der Waals surface area contributed by atoms with Gasteiger partial charge in [0.2, 0.25) is 0 Å². The Kier molecular flexibility index (Phi) is 5.40. The van der Waals surface area contributed by atoms with E-state index in [1.54, 1.807) is 18.2 Å². The summed E-state index contributed by atoms with van der Waals surface area (Å²) in [6.45, 7) is 7.67. The summed E-state index contributed by atoms with van der Waals surface area (Å²) >= 11 is 5.85. The lowest BCUT2D eigenvalue weighted by atomic mass is 10.2. The van der Waals surface area contributed by atoms with Gasteiger partial charge in [0.15, 0.2) is 6.29 Å². The monoisotopic (exact) mass is 298 g/mol. The normalized spacial score (nSPS) is 26.2. The number of ether oxygens (including phenoxy) is 2. The Bertz CT molecular complexity index is 456. The minimum absolute atomic E-state index is 0.287. The largest absolute Gasteiger partial charge is 0.487 e. The fraction of sp³-hybridized carbons (Fsp3) is 0.533. The smallest absolute Gasteiger partial charge is 0.153 e. The molecule has 1 fully saturated rings. The minimum Gasteiger partial charge on any atom is -0.487 e. The molecule has 0 amide bonds. The van der Waals surface area contributed by atoms with Crippen LogP contribution in [0.1, 0.15) is 24.2 Å². The highest BCUT2D eigenvalue weighted by Crippen LogP contribution is 2.20. The average molecular weight is 299 g/mol. The van der Waals surface area contributed by atoms with Gasteiger partial charge in [0.1, 0.15) is 44.2 Å². The fourth-order valence-corrected chi connectivity index (χ4v) is 2.82. The van der Waals surface area contributed by atoms with E-state index < -0.39 is 0 Å². The molecule has 1 saturated heterocycles. The zero-order chi connectivity index (χ0) is 14.5. The van der Waals surface area contributed by atoms with E-state index in [9.17, 15) is 4.79 Å². The summed E-state index contributed by atoms with van der Waals surface area (Å²) in [5, 5.41) is 0.543. The minimum atomic E-state index is 0.287. The molecule has 0 radical (unpaired) electrons. The molecule has 4 nitrogen and oxygen atoms in total. The van der Waals surface area contributed by atoms with Crippen LogP contribution in [0.15, 0.2) is 18.2 Å². The molecular formula is C15H21ClNO3+. The highest BCUT2D eigenvalue weighted by Gasteiger charge is 2.25. The first kappa shape index (κ1) is 15.3. The predicted octanol–water partition coefficient (Wildman–Crippen LogP) is 1.22. The van der Waals surface area contributed by atoms with Crippen molar-refractivity contribution >= 4 is 17.9 Å². The number of carbonyl (C=O) groups is 1. The molecular weight excluding hydrogens is 278 g/mol. The van der Waals surface area contributed by atoms with Crippen molar-refractivity contribution < 1.29 is 19.2 Å². The second-order valence-electron chi connectivity index (χ2n) is 5.31. The lowest BCUT2D eigenvalue weighted by Crippen LogP contribution is -3.16. The number of hydrogen-bond acceptors (Lipinski definition) is 3. The molecule has 20 heavy (non-hydrogen) atoms. The molecule has 5 heteroatoms. The van der Waals surface area contributed by atoms with Gasteiger partial charge in [0, 0.05) is 5.02 Å². The van der Waals surface area contributed by atoms with Crippen LogP contribution in [-0.2, 0) is 4.74 Å². The quantitative estimate of drug-likeness (QED) is 0.831. The summed E-state index contributed by atoms with van der Waals surface area (Å²) < 4.78 is 11.4. The maximum absolute atomic E-state index is 11.0. The number of hydrogen-bond donors (Lipinski definition) is 1. The van der Waals surface area contributed by atoms with Crippen molar-refractivity contribution in [2.75, 3.05) is 26.2 Å². The number of carbonyl (C=O) groups excluding carboxylic acids is 1. The Hall–Kier alpha value is -1.10. The lowest BCUT2D eigenvalue weighted by molar-refractivity contribution is -0.915. The van der Waals surface area contributed by atoms with Crippen molar-refractivity contribution in [2.24, 2.45) is 0 Å². The summed E-state index contributed by atoms with van der Waals surface area (Å²) in [6.07, 6.45) is 1.34. The van der Waals surface area contributed by atoms with Gasteiger partial charge in [-0.2, -0.15) is 0 Å². The number of rotatable bonds is 5. The summed E-state index contributed by atoms with van der Waals surface area (Å²) in [4.78, 5) is 12.4. The molecule has 110 valence electrons. The van der Waals surface area contributed by atoms with Crippen molar-refractivity contribution in [2.45, 2.75) is 26.1 Å². The van der Waals surface area contributed by atoms with Crippen LogP contribution in [0.4, 0.5) is 0 Å². The molecule has 0 spiro atoms. The van der Waals surface area contributed by atoms with Crippen LogP contribution in [-0.4, -0.2) is 44.7 Å². The van der Waals surface area contributed by atoms with Gasteiger partial charge >= 0.3 is 0 Å². The van der Waals surface area contributed by atoms with Gasteiger partial charge in [-0.25, -0.2) is 0 Å². The zero-order valence-electron chi connectivity index (χ0n) is 11.9. The Morgan fingerprint density at radius 3 is 2.75 bits per heavy atom. The van der Waals surface area contributed by atoms with E-state index in [1.807, 2.05) is 0 Å². The van der Waals surface area contributed by atoms with Crippen LogP contribution >= 0.6 is 11.6 Å². The molecule has 1 N–H and O–H groups in total. The molecule has 3 atom stereocenters. The van der Waals surface area contributed by atoms with Crippen LogP contribution in [0, 0.1) is 0 Å². The summed E-state index contributed by atoms with van der Waals surface area (Å²) in [5.74, 6) is 0.596. The SMILES string of the molecule is C[C@@H]1C[NH+](CCOc2ccc(Cl)cc2C=O)C[C@H](C)O1. The van der Waals surface area contributed by atoms with E-state index in [0.717, 1.165) is 25.9 Å². The summed E-state index contributed by atoms with van der Waals surface area (Å²) in [7, 11) is 0. The van der Waals surface area contributed by atoms with E-state index in [4.69, 9.17) is 21.1 Å². The number of benzene rings is 1. The van der Waals surface area contributed by atoms with Crippen molar-refractivity contribution in [1.29, 1.82) is 0 Å². The predicted molar refractivity (Wildman–Crippen MR) is 77.9 cm³/mol. The van der Waals surface area contributed by atoms with E-state index in [0.29, 0.717) is 22.9 Å². The van der Waals surface area contributed by atoms with E-state index in [-0.39, 0.29) is 12.2 Å². The van der Waals surface area contributed by atoms with Gasteiger partial charge in [-0.3, -0.25) is 4.79 Å². The van der Waals surface area contributed by atoms with Gasteiger partial charge in [-0.1, -0.05) is 11.6 Å². The number of quaternary nitrogens is 1. The first-order valence-electron chi connectivity index (χ1n) is 6.95. The third-order valence-electron chi connectivity index (χ3n) is 3.43. The van der Waals surface area contributed by atoms with Crippen molar-refractivity contribution in [3.8, 4) is 5.75 Å². The van der Waals surface area contributed by atoms with Crippen molar-refractivity contribution in [3.05, 3.63) is 28.8 Å². The van der Waals surface area contributed by atoms with Gasteiger partial charge in [-0.15, -0.1) is 0 Å². The van der Waals surface area contributed by atoms with Crippen LogP contribution in [0.2, 0.25) is 5.02 Å². The van der Waals surface area contributed by atoms with Gasteiger partial charge < -0.3 is 14.4 Å². The number of morpholine rings is 1. The maximum Gasteiger partial charge on any atom is 0.153 e. The molecule has 1 aliphatic rings. The Balaban J connectivity index is 1.85. The lowest BCUT2D eigenvalue weighted by Gasteiger charge is -2.32. The molecule has 0 saturated carbocycles. The Morgan fingerprint density at radius 2 is 2.10 bits per heavy atom. The third kappa shape index (κ3) is 4.20. The average Bonchev–Trinajstić information content (AvgIpc) is 2.39. The van der Waals surface area contributed by atoms with Crippen LogP contribution in [0.25, 0.3) is 0 Å². The summed E-state index contributed by atoms with van der Waals surface area (Å²) in [6, 6.07) is 5.09. The molecule has 1 aromatic carbocycles. The highest BCUT2D eigenvalue weighted by atomic mass is 35.5. The Morgan fingerprint density at radius 1 is 1.40 bits per heavy atom. The zero-order valence-corrected chi connectivity index (χ0v) is 12.7. The van der Waals surface area contributed by atoms with Crippen LogP contribution < -0.4 is 9.64 Å². The first-order chi connectivity index (χ1) is 9.58. The van der Waals surface area contributed by atoms with E-state index >= 15 is 0 Å². The molecule has 1 aromatic rings. The molecule has 0 aromatic heterocycles. The van der Waals surface area contributed by atoms with Gasteiger partial charge in [-0.05, 0) is 32.0 Å². The fourth-order valence-electron chi connectivity index (χ4n) is 2.64. The van der Waals surface area contributed by atoms with E-state index in [1.165, 1.54) is 4.90 Å². The molecule has 1 heterocycles. The maximum atomic E-state index is 11.0. The van der Waals surface area contributed by atoms with Gasteiger partial charge in [0.25, 0.3) is 0 Å². The molecule has 1 aliphatic heterocycles. The molecule has 0 aliphatic carbocycles. The molecule has 1 unspecified atom stereocenters. The topological polar surface area (TPSA) is 40.0 Å². The van der Waals surface area contributed by atoms with E-state index in [2.05, 4.69) is 13.8 Å². The van der Waals surface area contributed by atoms with Crippen LogP contribution in [0.3, 0.4) is 0 Å². The second-order valence-corrected chi connectivity index (χ2v) is 5.75. The first-order valence-corrected chi connectivity index (χ1v) is 7.33. The second kappa shape index (κ2) is 7.07. The van der Waals surface area contributed by atoms with Crippen molar-refractivity contribution in [3.63, 3.8) is 0 Å². The third-order valence-corrected chi connectivity index (χ3v) is 3.66. The Labute approximate surface area is 124 Å². The standard InChI is InChI=1S/C15H20ClNO3/c1-11-8-17(9-12(2)20-11)5-6-19-15-4-3-14(16)7-13(15)10-18/h3-4,7,10-12H,5-6,8-9H2,1-2H3/p+1/t11-,12+. The number of halogens is 1. The highest BCUT2D eigenvalue weighted by molar-refractivity contribution is 6.30. The number of aldehydes is 1. The van der Waals surface area contributed by atoms with Gasteiger partial charge in [0.05, 0.1) is 5.56 Å². The van der Waals surface area contributed by atoms with Crippen molar-refractivity contribution in [1.82, 2.24) is 0 Å². The molecule has 2 rings (SSSR count). The molecule has 0 bridgehead atoms. The number of nitrogens with one attached hydrogen (secondary N) is 1. The summed E-state index contributed by atoms with van der Waals surface area (Å²) in [5.41, 5.74) is 0.496. The van der Waals surface area contributed by atoms with Crippen LogP contribution in [0.5, 0.6) is 5.75 Å².